The maximum Gasteiger partial charge on any atom is 0.254 e. The number of amides is 1. The summed E-state index contributed by atoms with van der Waals surface area (Å²) in [7, 11) is -3.83. The predicted octanol–water partition coefficient (Wildman–Crippen LogP) is 2.77. The van der Waals surface area contributed by atoms with Crippen LogP contribution in [0.4, 0.5) is 4.39 Å². The number of halogens is 1. The van der Waals surface area contributed by atoms with Gasteiger partial charge in [0.25, 0.3) is 5.91 Å². The number of carbonyl (C=O) groups excluding carboxylic acids is 1. The Bertz CT molecular complexity index is 960. The van der Waals surface area contributed by atoms with Gasteiger partial charge in [-0.2, -0.15) is 0 Å². The maximum absolute atomic E-state index is 14.2. The molecule has 2 aromatic rings. The van der Waals surface area contributed by atoms with Gasteiger partial charge in [-0.15, -0.1) is 0 Å². The molecule has 144 valence electrons. The van der Waals surface area contributed by atoms with Crippen molar-refractivity contribution in [2.45, 2.75) is 37.2 Å². The standard InChI is InChI=1S/C19H21FN2O4S/c1-12(2)22-27(24,25)13-7-8-16(20)15(11-13)19(23)21-17-9-10-26-18-6-4-3-5-14(17)18/h3-8,11-12,17,22H,9-10H2,1-2H3,(H,21,23)/t17-/m0/s1. The topological polar surface area (TPSA) is 84.5 Å². The molecule has 2 N–H and O–H groups in total. The highest BCUT2D eigenvalue weighted by atomic mass is 32.2. The number of carbonyl (C=O) groups is 1. The van der Waals surface area contributed by atoms with E-state index in [-0.39, 0.29) is 22.5 Å². The van der Waals surface area contributed by atoms with Crippen molar-refractivity contribution in [2.24, 2.45) is 0 Å². The Kier molecular flexibility index (Phi) is 5.48. The van der Waals surface area contributed by atoms with Crippen LogP contribution in [0.15, 0.2) is 47.4 Å². The molecule has 0 aliphatic carbocycles. The Labute approximate surface area is 157 Å². The van der Waals surface area contributed by atoms with Gasteiger partial charge in [0.2, 0.25) is 10.0 Å². The summed E-state index contributed by atoms with van der Waals surface area (Å²) in [5.41, 5.74) is 0.494. The van der Waals surface area contributed by atoms with Crippen LogP contribution in [0.2, 0.25) is 0 Å². The second kappa shape index (κ2) is 7.66. The summed E-state index contributed by atoms with van der Waals surface area (Å²) in [5, 5.41) is 2.78. The summed E-state index contributed by atoms with van der Waals surface area (Å²) >= 11 is 0. The Morgan fingerprint density at radius 1 is 1.22 bits per heavy atom. The fraction of sp³-hybridized carbons (Fsp3) is 0.316. The van der Waals surface area contributed by atoms with Gasteiger partial charge in [-0.1, -0.05) is 18.2 Å². The van der Waals surface area contributed by atoms with Gasteiger partial charge in [0.15, 0.2) is 0 Å². The van der Waals surface area contributed by atoms with E-state index < -0.39 is 21.7 Å². The zero-order valence-corrected chi connectivity index (χ0v) is 15.8. The minimum absolute atomic E-state index is 0.157. The number of nitrogens with one attached hydrogen (secondary N) is 2. The van der Waals surface area contributed by atoms with Crippen molar-refractivity contribution in [1.29, 1.82) is 0 Å². The average Bonchev–Trinajstić information content (AvgIpc) is 2.61. The second-order valence-corrected chi connectivity index (χ2v) is 8.33. The molecule has 0 unspecified atom stereocenters. The number of benzene rings is 2. The maximum atomic E-state index is 14.2. The van der Waals surface area contributed by atoms with Gasteiger partial charge < -0.3 is 10.1 Å². The normalized spacial score (nSPS) is 16.5. The van der Waals surface area contributed by atoms with Gasteiger partial charge in [0.05, 0.1) is 23.1 Å². The number of para-hydroxylation sites is 1. The molecule has 1 atom stereocenters. The summed E-state index contributed by atoms with van der Waals surface area (Å²) < 4.78 is 46.8. The van der Waals surface area contributed by atoms with E-state index in [0.717, 1.165) is 23.8 Å². The zero-order chi connectivity index (χ0) is 19.6. The van der Waals surface area contributed by atoms with Crippen molar-refractivity contribution in [3.05, 3.63) is 59.4 Å². The molecule has 0 saturated heterocycles. The van der Waals surface area contributed by atoms with Crippen LogP contribution in [0.1, 0.15) is 42.2 Å². The fourth-order valence-corrected chi connectivity index (χ4v) is 4.23. The van der Waals surface area contributed by atoms with Crippen LogP contribution in [0, 0.1) is 5.82 Å². The quantitative estimate of drug-likeness (QED) is 0.820. The van der Waals surface area contributed by atoms with Crippen molar-refractivity contribution in [2.75, 3.05) is 6.61 Å². The molecule has 1 heterocycles. The first-order valence-electron chi connectivity index (χ1n) is 8.62. The first kappa shape index (κ1) is 19.3. The minimum atomic E-state index is -3.83. The first-order valence-corrected chi connectivity index (χ1v) is 10.1. The van der Waals surface area contributed by atoms with Crippen LogP contribution in [0.5, 0.6) is 5.75 Å². The molecule has 2 aromatic carbocycles. The Hall–Kier alpha value is -2.45. The van der Waals surface area contributed by atoms with Crippen LogP contribution < -0.4 is 14.8 Å². The third-order valence-electron chi connectivity index (χ3n) is 4.15. The number of sulfonamides is 1. The van der Waals surface area contributed by atoms with Crippen molar-refractivity contribution < 1.29 is 22.3 Å². The molecule has 1 amide bonds. The number of fused-ring (bicyclic) bond motifs is 1. The molecule has 1 aliphatic rings. The SMILES string of the molecule is CC(C)NS(=O)(=O)c1ccc(F)c(C(=O)N[C@H]2CCOc3ccccc32)c1. The third-order valence-corrected chi connectivity index (χ3v) is 5.80. The Morgan fingerprint density at radius 3 is 2.70 bits per heavy atom. The molecule has 1 aliphatic heterocycles. The highest BCUT2D eigenvalue weighted by Gasteiger charge is 2.25. The molecular weight excluding hydrogens is 371 g/mol. The molecule has 0 fully saturated rings. The smallest absolute Gasteiger partial charge is 0.254 e. The van der Waals surface area contributed by atoms with Crippen molar-refractivity contribution in [3.8, 4) is 5.75 Å². The number of hydrogen-bond acceptors (Lipinski definition) is 4. The molecule has 0 bridgehead atoms. The second-order valence-electron chi connectivity index (χ2n) is 6.62. The average molecular weight is 392 g/mol. The molecule has 27 heavy (non-hydrogen) atoms. The molecule has 8 heteroatoms. The molecule has 3 rings (SSSR count). The highest BCUT2D eigenvalue weighted by Crippen LogP contribution is 2.31. The third kappa shape index (κ3) is 4.28. The lowest BCUT2D eigenvalue weighted by atomic mass is 10.00. The number of rotatable bonds is 5. The molecule has 0 saturated carbocycles. The summed E-state index contributed by atoms with van der Waals surface area (Å²) in [6.45, 7) is 3.78. The van der Waals surface area contributed by atoms with E-state index >= 15 is 0 Å². The lowest BCUT2D eigenvalue weighted by Gasteiger charge is -2.26. The largest absolute Gasteiger partial charge is 0.493 e. The summed E-state index contributed by atoms with van der Waals surface area (Å²) in [6.07, 6.45) is 0.539. The number of ether oxygens (including phenoxy) is 1. The van der Waals surface area contributed by atoms with Crippen LogP contribution in [0.3, 0.4) is 0 Å². The lowest BCUT2D eigenvalue weighted by molar-refractivity contribution is 0.0920. The van der Waals surface area contributed by atoms with Gasteiger partial charge >= 0.3 is 0 Å². The van der Waals surface area contributed by atoms with E-state index in [1.54, 1.807) is 19.9 Å². The van der Waals surface area contributed by atoms with Crippen LogP contribution in [-0.2, 0) is 10.0 Å². The zero-order valence-electron chi connectivity index (χ0n) is 15.0. The predicted molar refractivity (Wildman–Crippen MR) is 98.6 cm³/mol. The summed E-state index contributed by atoms with van der Waals surface area (Å²) in [6, 6.07) is 9.83. The van der Waals surface area contributed by atoms with E-state index in [1.807, 2.05) is 18.2 Å². The van der Waals surface area contributed by atoms with E-state index in [4.69, 9.17) is 4.74 Å². The minimum Gasteiger partial charge on any atom is -0.493 e. The number of hydrogen-bond donors (Lipinski definition) is 2. The molecular formula is C19H21FN2O4S. The van der Waals surface area contributed by atoms with Crippen LogP contribution in [-0.4, -0.2) is 27.0 Å². The van der Waals surface area contributed by atoms with E-state index in [9.17, 15) is 17.6 Å². The van der Waals surface area contributed by atoms with Gasteiger partial charge in [-0.25, -0.2) is 17.5 Å². The summed E-state index contributed by atoms with van der Waals surface area (Å²) in [4.78, 5) is 12.5. The van der Waals surface area contributed by atoms with Crippen molar-refractivity contribution >= 4 is 15.9 Å². The Morgan fingerprint density at radius 2 is 1.96 bits per heavy atom. The highest BCUT2D eigenvalue weighted by molar-refractivity contribution is 7.89. The summed E-state index contributed by atoms with van der Waals surface area (Å²) in [5.74, 6) is -0.779. The van der Waals surface area contributed by atoms with E-state index in [0.29, 0.717) is 18.8 Å². The first-order chi connectivity index (χ1) is 12.8. The Balaban J connectivity index is 1.87. The van der Waals surface area contributed by atoms with E-state index in [1.165, 1.54) is 0 Å². The van der Waals surface area contributed by atoms with Gasteiger partial charge in [-0.05, 0) is 38.1 Å². The molecule has 6 nitrogen and oxygen atoms in total. The monoisotopic (exact) mass is 392 g/mol. The van der Waals surface area contributed by atoms with Crippen LogP contribution in [0.25, 0.3) is 0 Å². The van der Waals surface area contributed by atoms with Gasteiger partial charge in [-0.3, -0.25) is 4.79 Å². The van der Waals surface area contributed by atoms with E-state index in [2.05, 4.69) is 10.0 Å². The lowest BCUT2D eigenvalue weighted by Crippen LogP contribution is -2.33. The van der Waals surface area contributed by atoms with Crippen molar-refractivity contribution in [3.63, 3.8) is 0 Å². The van der Waals surface area contributed by atoms with Gasteiger partial charge in [0.1, 0.15) is 11.6 Å². The molecule has 0 radical (unpaired) electrons. The van der Waals surface area contributed by atoms with Crippen molar-refractivity contribution in [1.82, 2.24) is 10.0 Å². The van der Waals surface area contributed by atoms with Crippen LogP contribution >= 0.6 is 0 Å². The van der Waals surface area contributed by atoms with Gasteiger partial charge in [0, 0.05) is 18.0 Å². The molecule has 0 spiro atoms. The fourth-order valence-electron chi connectivity index (χ4n) is 2.95. The molecule has 0 aromatic heterocycles.